The fourth-order valence-electron chi connectivity index (χ4n) is 3.20. The van der Waals surface area contributed by atoms with E-state index in [0.717, 1.165) is 11.1 Å². The van der Waals surface area contributed by atoms with Gasteiger partial charge in [0.2, 0.25) is 5.91 Å². The Morgan fingerprint density at radius 2 is 1.79 bits per heavy atom. The summed E-state index contributed by atoms with van der Waals surface area (Å²) in [6, 6.07) is 12.7. The van der Waals surface area contributed by atoms with Gasteiger partial charge in [-0.1, -0.05) is 24.3 Å². The third kappa shape index (κ3) is 4.77. The number of Topliss-reactive ketones (excluding diaryl/α,β-unsaturated/α-hetero) is 1. The molecule has 1 amide bonds. The molecule has 0 saturated carbocycles. The first-order chi connectivity index (χ1) is 13.9. The average Bonchev–Trinajstić information content (AvgIpc) is 2.72. The monoisotopic (exact) mass is 391 g/mol. The zero-order valence-electron chi connectivity index (χ0n) is 17.0. The molecule has 0 fully saturated rings. The van der Waals surface area contributed by atoms with Crippen LogP contribution in [0.5, 0.6) is 0 Å². The third-order valence-electron chi connectivity index (χ3n) is 5.13. The van der Waals surface area contributed by atoms with Gasteiger partial charge in [0.05, 0.1) is 17.4 Å². The number of fused-ring (bicyclic) bond motifs is 1. The molecule has 0 spiro atoms. The van der Waals surface area contributed by atoms with Crippen molar-refractivity contribution in [1.29, 1.82) is 0 Å². The van der Waals surface area contributed by atoms with Crippen molar-refractivity contribution in [3.8, 4) is 0 Å². The van der Waals surface area contributed by atoms with Crippen LogP contribution >= 0.6 is 0 Å². The van der Waals surface area contributed by atoms with Gasteiger partial charge in [0.1, 0.15) is 5.82 Å². The molecule has 0 atom stereocenters. The molecular formula is C23H25N3O3. The number of H-pyrrole nitrogens is 1. The molecule has 0 unspecified atom stereocenters. The number of nitrogens with one attached hydrogen (secondary N) is 1. The van der Waals surface area contributed by atoms with Crippen LogP contribution in [0.3, 0.4) is 0 Å². The van der Waals surface area contributed by atoms with Gasteiger partial charge in [-0.3, -0.25) is 14.4 Å². The summed E-state index contributed by atoms with van der Waals surface area (Å²) in [7, 11) is 0. The summed E-state index contributed by atoms with van der Waals surface area (Å²) in [6.45, 7) is 6.49. The van der Waals surface area contributed by atoms with Gasteiger partial charge in [-0.05, 0) is 50.1 Å². The fourth-order valence-corrected chi connectivity index (χ4v) is 3.20. The molecule has 1 N–H and O–H groups in total. The zero-order chi connectivity index (χ0) is 21.0. The maximum absolute atomic E-state index is 12.6. The number of ketones is 1. The first-order valence-corrected chi connectivity index (χ1v) is 9.75. The molecule has 2 aromatic carbocycles. The van der Waals surface area contributed by atoms with Crippen molar-refractivity contribution >= 4 is 22.6 Å². The summed E-state index contributed by atoms with van der Waals surface area (Å²) in [6.07, 6.45) is 0.275. The summed E-state index contributed by atoms with van der Waals surface area (Å²) in [5.74, 6) is 0.250. The fraction of sp³-hybridized carbons (Fsp3) is 0.304. The van der Waals surface area contributed by atoms with Crippen LogP contribution in [0.15, 0.2) is 47.3 Å². The molecule has 0 bridgehead atoms. The number of aromatic amines is 1. The van der Waals surface area contributed by atoms with Crippen molar-refractivity contribution in [1.82, 2.24) is 14.9 Å². The van der Waals surface area contributed by atoms with Gasteiger partial charge < -0.3 is 9.88 Å². The normalized spacial score (nSPS) is 10.9. The Kier molecular flexibility index (Phi) is 6.22. The lowest BCUT2D eigenvalue weighted by Crippen LogP contribution is -2.32. The minimum atomic E-state index is -0.223. The van der Waals surface area contributed by atoms with Crippen LogP contribution in [-0.2, 0) is 11.3 Å². The number of benzene rings is 2. The SMILES string of the molecule is CCN(Cc1nc2ccccc2c(=O)[nH]1)C(=O)CCC(=O)c1ccc(C)c(C)c1. The number of rotatable bonds is 7. The molecule has 6 heteroatoms. The number of carbonyl (C=O) groups excluding carboxylic acids is 2. The maximum Gasteiger partial charge on any atom is 0.258 e. The molecule has 0 aliphatic heterocycles. The molecule has 3 rings (SSSR count). The van der Waals surface area contributed by atoms with Crippen LogP contribution in [0.4, 0.5) is 0 Å². The summed E-state index contributed by atoms with van der Waals surface area (Å²) in [4.78, 5) is 46.1. The van der Waals surface area contributed by atoms with E-state index in [0.29, 0.717) is 28.8 Å². The lowest BCUT2D eigenvalue weighted by molar-refractivity contribution is -0.131. The lowest BCUT2D eigenvalue weighted by atomic mass is 10.0. The van der Waals surface area contributed by atoms with Crippen molar-refractivity contribution in [3.63, 3.8) is 0 Å². The first-order valence-electron chi connectivity index (χ1n) is 9.75. The highest BCUT2D eigenvalue weighted by atomic mass is 16.2. The number of hydrogen-bond acceptors (Lipinski definition) is 4. The zero-order valence-corrected chi connectivity index (χ0v) is 17.0. The average molecular weight is 391 g/mol. The molecule has 3 aromatic rings. The number of para-hydroxylation sites is 1. The van der Waals surface area contributed by atoms with Crippen molar-refractivity contribution in [2.24, 2.45) is 0 Å². The first kappa shape index (κ1) is 20.5. The number of carbonyl (C=O) groups is 2. The van der Waals surface area contributed by atoms with E-state index in [9.17, 15) is 14.4 Å². The predicted molar refractivity (Wildman–Crippen MR) is 113 cm³/mol. The predicted octanol–water partition coefficient (Wildman–Crippen LogP) is 3.55. The molecule has 1 aromatic heterocycles. The molecular weight excluding hydrogens is 366 g/mol. The number of aryl methyl sites for hydroxylation is 2. The maximum atomic E-state index is 12.6. The van der Waals surface area contributed by atoms with E-state index in [2.05, 4.69) is 9.97 Å². The van der Waals surface area contributed by atoms with Gasteiger partial charge in [-0.25, -0.2) is 4.98 Å². The standard InChI is InChI=1S/C23H25N3O3/c1-4-26(14-21-24-19-8-6-5-7-18(19)23(29)25-21)22(28)12-11-20(27)17-10-9-15(2)16(3)13-17/h5-10,13H,4,11-12,14H2,1-3H3,(H,24,25,29). The van der Waals surface area contributed by atoms with E-state index < -0.39 is 0 Å². The van der Waals surface area contributed by atoms with Gasteiger partial charge in [0, 0.05) is 24.9 Å². The highest BCUT2D eigenvalue weighted by molar-refractivity contribution is 5.98. The molecule has 29 heavy (non-hydrogen) atoms. The summed E-state index contributed by atoms with van der Waals surface area (Å²) < 4.78 is 0. The summed E-state index contributed by atoms with van der Waals surface area (Å²) in [5.41, 5.74) is 3.19. The Bertz CT molecular complexity index is 1120. The smallest absolute Gasteiger partial charge is 0.258 e. The van der Waals surface area contributed by atoms with E-state index in [1.54, 1.807) is 29.2 Å². The van der Waals surface area contributed by atoms with Crippen LogP contribution in [0.1, 0.15) is 47.1 Å². The number of nitrogens with zero attached hydrogens (tertiary/aromatic N) is 2. The highest BCUT2D eigenvalue weighted by Crippen LogP contribution is 2.14. The van der Waals surface area contributed by atoms with E-state index in [4.69, 9.17) is 0 Å². The summed E-state index contributed by atoms with van der Waals surface area (Å²) >= 11 is 0. The Hall–Kier alpha value is -3.28. The minimum absolute atomic E-state index is 0.0465. The van der Waals surface area contributed by atoms with Crippen LogP contribution in [0, 0.1) is 13.8 Å². The van der Waals surface area contributed by atoms with E-state index >= 15 is 0 Å². The van der Waals surface area contributed by atoms with Crippen molar-refractivity contribution in [2.75, 3.05) is 6.54 Å². The largest absolute Gasteiger partial charge is 0.335 e. The van der Waals surface area contributed by atoms with Gasteiger partial charge in [-0.15, -0.1) is 0 Å². The Morgan fingerprint density at radius 1 is 1.03 bits per heavy atom. The molecule has 0 aliphatic carbocycles. The second kappa shape index (κ2) is 8.82. The van der Waals surface area contributed by atoms with Crippen molar-refractivity contribution in [3.05, 3.63) is 75.3 Å². The van der Waals surface area contributed by atoms with Crippen LogP contribution in [0.2, 0.25) is 0 Å². The van der Waals surface area contributed by atoms with Crippen LogP contribution in [0.25, 0.3) is 10.9 Å². The molecule has 0 radical (unpaired) electrons. The van der Waals surface area contributed by atoms with E-state index in [-0.39, 0.29) is 36.6 Å². The van der Waals surface area contributed by atoms with Crippen molar-refractivity contribution < 1.29 is 9.59 Å². The topological polar surface area (TPSA) is 83.1 Å². The van der Waals surface area contributed by atoms with Gasteiger partial charge in [0.25, 0.3) is 5.56 Å². The Balaban J connectivity index is 1.67. The van der Waals surface area contributed by atoms with Gasteiger partial charge >= 0.3 is 0 Å². The third-order valence-corrected chi connectivity index (χ3v) is 5.13. The van der Waals surface area contributed by atoms with Crippen molar-refractivity contribution in [2.45, 2.75) is 40.2 Å². The second-order valence-electron chi connectivity index (χ2n) is 7.16. The summed E-state index contributed by atoms with van der Waals surface area (Å²) in [5, 5.41) is 0.518. The molecule has 0 saturated heterocycles. The number of hydrogen-bond donors (Lipinski definition) is 1. The Labute approximate surface area is 169 Å². The Morgan fingerprint density at radius 3 is 2.52 bits per heavy atom. The van der Waals surface area contributed by atoms with E-state index in [1.165, 1.54) is 0 Å². The molecule has 1 heterocycles. The molecule has 6 nitrogen and oxygen atoms in total. The lowest BCUT2D eigenvalue weighted by Gasteiger charge is -2.20. The van der Waals surface area contributed by atoms with Crippen LogP contribution in [-0.4, -0.2) is 33.1 Å². The minimum Gasteiger partial charge on any atom is -0.335 e. The van der Waals surface area contributed by atoms with Gasteiger partial charge in [-0.2, -0.15) is 0 Å². The quantitative estimate of drug-likeness (QED) is 0.624. The molecule has 150 valence electrons. The van der Waals surface area contributed by atoms with Gasteiger partial charge in [0.15, 0.2) is 5.78 Å². The number of aromatic nitrogens is 2. The molecule has 0 aliphatic rings. The number of amides is 1. The van der Waals surface area contributed by atoms with Crippen LogP contribution < -0.4 is 5.56 Å². The van der Waals surface area contributed by atoms with E-state index in [1.807, 2.05) is 39.0 Å². The highest BCUT2D eigenvalue weighted by Gasteiger charge is 2.16. The second-order valence-corrected chi connectivity index (χ2v) is 7.16.